The molecule has 1 saturated heterocycles. The minimum atomic E-state index is -0.393. The van der Waals surface area contributed by atoms with Crippen molar-refractivity contribution in [2.45, 2.75) is 46.3 Å². The molecule has 0 bridgehead atoms. The predicted molar refractivity (Wildman–Crippen MR) is 79.3 cm³/mol. The van der Waals surface area contributed by atoms with Crippen molar-refractivity contribution in [3.05, 3.63) is 0 Å². The molecule has 0 aromatic carbocycles. The summed E-state index contributed by atoms with van der Waals surface area (Å²) in [6.45, 7) is 14.0. The second kappa shape index (κ2) is 8.90. The van der Waals surface area contributed by atoms with Crippen molar-refractivity contribution in [3.8, 4) is 0 Å². The lowest BCUT2D eigenvalue weighted by molar-refractivity contribution is 0.0223. The van der Waals surface area contributed by atoms with Gasteiger partial charge in [-0.15, -0.1) is 0 Å². The van der Waals surface area contributed by atoms with Crippen molar-refractivity contribution in [1.82, 2.24) is 10.2 Å². The molecule has 4 heteroatoms. The molecule has 114 valence electrons. The van der Waals surface area contributed by atoms with E-state index in [4.69, 9.17) is 4.74 Å². The van der Waals surface area contributed by atoms with Gasteiger partial charge in [0.15, 0.2) is 0 Å². The fourth-order valence-corrected chi connectivity index (χ4v) is 2.61. The van der Waals surface area contributed by atoms with E-state index in [0.717, 1.165) is 19.7 Å². The summed E-state index contributed by atoms with van der Waals surface area (Å²) >= 11 is 0. The zero-order valence-electron chi connectivity index (χ0n) is 13.1. The minimum Gasteiger partial charge on any atom is -0.389 e. The Balaban J connectivity index is 2.14. The van der Waals surface area contributed by atoms with Crippen LogP contribution >= 0.6 is 0 Å². The van der Waals surface area contributed by atoms with Crippen LogP contribution in [0.3, 0.4) is 0 Å². The third kappa shape index (κ3) is 6.70. The molecule has 1 aliphatic rings. The molecular formula is C15H32N2O2. The van der Waals surface area contributed by atoms with Crippen LogP contribution in [0.2, 0.25) is 0 Å². The van der Waals surface area contributed by atoms with Gasteiger partial charge in [-0.05, 0) is 31.3 Å². The Morgan fingerprint density at radius 2 is 2.11 bits per heavy atom. The fraction of sp³-hybridized carbons (Fsp3) is 1.00. The molecule has 0 aliphatic carbocycles. The lowest BCUT2D eigenvalue weighted by atomic mass is 9.94. The highest BCUT2D eigenvalue weighted by atomic mass is 16.5. The van der Waals surface area contributed by atoms with E-state index in [2.05, 4.69) is 37.9 Å². The highest BCUT2D eigenvalue weighted by molar-refractivity contribution is 4.83. The van der Waals surface area contributed by atoms with Crippen LogP contribution in [-0.2, 0) is 4.74 Å². The summed E-state index contributed by atoms with van der Waals surface area (Å²) in [6.07, 6.45) is 0.782. The summed E-state index contributed by atoms with van der Waals surface area (Å²) in [7, 11) is 0. The SMILES string of the molecule is CCN1CCC(NCC(O)COCC(C)C)C(C)C1. The molecule has 0 amide bonds. The number of rotatable bonds is 8. The van der Waals surface area contributed by atoms with Crippen molar-refractivity contribution in [2.24, 2.45) is 11.8 Å². The van der Waals surface area contributed by atoms with Gasteiger partial charge in [0.1, 0.15) is 0 Å². The van der Waals surface area contributed by atoms with E-state index >= 15 is 0 Å². The molecule has 1 rings (SSSR count). The maximum Gasteiger partial charge on any atom is 0.0897 e. The molecule has 0 aromatic heterocycles. The maximum absolute atomic E-state index is 9.88. The Morgan fingerprint density at radius 3 is 2.68 bits per heavy atom. The van der Waals surface area contributed by atoms with Crippen molar-refractivity contribution < 1.29 is 9.84 Å². The molecule has 0 saturated carbocycles. The topological polar surface area (TPSA) is 44.7 Å². The van der Waals surface area contributed by atoms with E-state index in [-0.39, 0.29) is 0 Å². The van der Waals surface area contributed by atoms with Gasteiger partial charge in [0.25, 0.3) is 0 Å². The summed E-state index contributed by atoms with van der Waals surface area (Å²) in [4.78, 5) is 2.49. The predicted octanol–water partition coefficient (Wildman–Crippen LogP) is 1.34. The number of likely N-dealkylation sites (tertiary alicyclic amines) is 1. The largest absolute Gasteiger partial charge is 0.389 e. The van der Waals surface area contributed by atoms with Gasteiger partial charge < -0.3 is 20.1 Å². The zero-order valence-corrected chi connectivity index (χ0v) is 13.1. The first-order valence-corrected chi connectivity index (χ1v) is 7.74. The van der Waals surface area contributed by atoms with Crippen molar-refractivity contribution in [1.29, 1.82) is 0 Å². The van der Waals surface area contributed by atoms with E-state index in [9.17, 15) is 5.11 Å². The number of nitrogens with one attached hydrogen (secondary N) is 1. The Hall–Kier alpha value is -0.160. The van der Waals surface area contributed by atoms with E-state index in [1.165, 1.54) is 13.0 Å². The first kappa shape index (κ1) is 16.9. The first-order valence-electron chi connectivity index (χ1n) is 7.74. The number of aliphatic hydroxyl groups excluding tert-OH is 1. The van der Waals surface area contributed by atoms with Gasteiger partial charge >= 0.3 is 0 Å². The molecule has 0 aromatic rings. The average molecular weight is 272 g/mol. The van der Waals surface area contributed by atoms with Crippen LogP contribution < -0.4 is 5.32 Å². The van der Waals surface area contributed by atoms with Crippen LogP contribution in [0.5, 0.6) is 0 Å². The lowest BCUT2D eigenvalue weighted by Crippen LogP contribution is -2.50. The Kier molecular flexibility index (Phi) is 7.91. The molecule has 0 spiro atoms. The first-order chi connectivity index (χ1) is 9.02. The van der Waals surface area contributed by atoms with Gasteiger partial charge in [0.05, 0.1) is 12.7 Å². The monoisotopic (exact) mass is 272 g/mol. The number of piperidine rings is 1. The third-order valence-electron chi connectivity index (χ3n) is 3.81. The van der Waals surface area contributed by atoms with Crippen LogP contribution in [0.4, 0.5) is 0 Å². The van der Waals surface area contributed by atoms with Gasteiger partial charge in [-0.3, -0.25) is 0 Å². The van der Waals surface area contributed by atoms with Crippen molar-refractivity contribution in [2.75, 3.05) is 39.4 Å². The molecular weight excluding hydrogens is 240 g/mol. The smallest absolute Gasteiger partial charge is 0.0897 e. The highest BCUT2D eigenvalue weighted by Gasteiger charge is 2.25. The molecule has 1 fully saturated rings. The van der Waals surface area contributed by atoms with E-state index < -0.39 is 6.10 Å². The summed E-state index contributed by atoms with van der Waals surface area (Å²) in [5.74, 6) is 1.18. The number of ether oxygens (including phenoxy) is 1. The Morgan fingerprint density at radius 1 is 1.37 bits per heavy atom. The van der Waals surface area contributed by atoms with Crippen molar-refractivity contribution in [3.63, 3.8) is 0 Å². The molecule has 4 nitrogen and oxygen atoms in total. The Labute approximate surface area is 118 Å². The normalized spacial score (nSPS) is 26.8. The molecule has 3 unspecified atom stereocenters. The van der Waals surface area contributed by atoms with Crippen molar-refractivity contribution >= 4 is 0 Å². The number of hydrogen-bond donors (Lipinski definition) is 2. The van der Waals surface area contributed by atoms with Gasteiger partial charge in [-0.1, -0.05) is 27.7 Å². The quantitative estimate of drug-likeness (QED) is 0.700. The lowest BCUT2D eigenvalue weighted by Gasteiger charge is -2.37. The van der Waals surface area contributed by atoms with Gasteiger partial charge in [-0.25, -0.2) is 0 Å². The summed E-state index contributed by atoms with van der Waals surface area (Å²) in [6, 6.07) is 0.530. The maximum atomic E-state index is 9.88. The average Bonchev–Trinajstić information content (AvgIpc) is 2.36. The fourth-order valence-electron chi connectivity index (χ4n) is 2.61. The van der Waals surface area contributed by atoms with E-state index in [0.29, 0.717) is 31.0 Å². The van der Waals surface area contributed by atoms with E-state index in [1.807, 2.05) is 0 Å². The number of nitrogens with zero attached hydrogens (tertiary/aromatic N) is 1. The van der Waals surface area contributed by atoms with Crippen LogP contribution in [0.25, 0.3) is 0 Å². The molecule has 1 heterocycles. The summed E-state index contributed by atoms with van der Waals surface area (Å²) in [5, 5.41) is 13.4. The second-order valence-corrected chi connectivity index (χ2v) is 6.26. The molecule has 1 aliphatic heterocycles. The Bertz CT molecular complexity index is 236. The second-order valence-electron chi connectivity index (χ2n) is 6.26. The van der Waals surface area contributed by atoms with Crippen LogP contribution in [0, 0.1) is 11.8 Å². The standard InChI is InChI=1S/C15H32N2O2/c1-5-17-7-6-15(13(4)9-17)16-8-14(18)11-19-10-12(2)3/h12-16,18H,5-11H2,1-4H3. The summed E-state index contributed by atoms with van der Waals surface area (Å²) in [5.41, 5.74) is 0. The van der Waals surface area contributed by atoms with Crippen LogP contribution in [0.1, 0.15) is 34.1 Å². The number of aliphatic hydroxyl groups is 1. The molecule has 3 atom stereocenters. The van der Waals surface area contributed by atoms with Gasteiger partial charge in [0, 0.05) is 25.7 Å². The molecule has 2 N–H and O–H groups in total. The zero-order chi connectivity index (χ0) is 14.3. The van der Waals surface area contributed by atoms with Gasteiger partial charge in [0.2, 0.25) is 0 Å². The van der Waals surface area contributed by atoms with Gasteiger partial charge in [-0.2, -0.15) is 0 Å². The van der Waals surface area contributed by atoms with Crippen LogP contribution in [-0.4, -0.2) is 61.5 Å². The minimum absolute atomic E-state index is 0.393. The molecule has 0 radical (unpaired) electrons. The summed E-state index contributed by atoms with van der Waals surface area (Å²) < 4.78 is 5.46. The third-order valence-corrected chi connectivity index (χ3v) is 3.81. The van der Waals surface area contributed by atoms with Crippen LogP contribution in [0.15, 0.2) is 0 Å². The number of hydrogen-bond acceptors (Lipinski definition) is 4. The van der Waals surface area contributed by atoms with E-state index in [1.54, 1.807) is 0 Å². The molecule has 19 heavy (non-hydrogen) atoms. The highest BCUT2D eigenvalue weighted by Crippen LogP contribution is 2.16.